The van der Waals surface area contributed by atoms with E-state index in [1.54, 1.807) is 0 Å². The molecule has 0 radical (unpaired) electrons. The number of halogens is 1. The molecular weight excluding hydrogens is 211 g/mol. The van der Waals surface area contributed by atoms with Gasteiger partial charge in [-0.05, 0) is 18.8 Å². The maximum Gasteiger partial charge on any atom is 0.0135 e. The van der Waals surface area contributed by atoms with Gasteiger partial charge in [0.2, 0.25) is 0 Å². The third-order valence-electron chi connectivity index (χ3n) is 2.01. The highest BCUT2D eigenvalue weighted by molar-refractivity contribution is 14.1. The van der Waals surface area contributed by atoms with Crippen molar-refractivity contribution in [2.24, 2.45) is 5.92 Å². The van der Waals surface area contributed by atoms with E-state index in [2.05, 4.69) is 29.5 Å². The number of alkyl halides is 1. The Morgan fingerprint density at radius 3 is 2.25 bits per heavy atom. The van der Waals surface area contributed by atoms with Crippen LogP contribution in [0.5, 0.6) is 0 Å². The van der Waals surface area contributed by atoms with Gasteiger partial charge in [-0.3, -0.25) is 0 Å². The lowest BCUT2D eigenvalue weighted by Crippen LogP contribution is -2.15. The summed E-state index contributed by atoms with van der Waals surface area (Å²) in [6, 6.07) is 0. The minimum absolute atomic E-state index is 0.973. The molecule has 48 valence electrons. The van der Waals surface area contributed by atoms with Crippen molar-refractivity contribution in [3.8, 4) is 0 Å². The standard InChI is InChI=1S/C7H13I/c1-6-4-2-3-5-7(6)8/h6-7H,2-5H2,1H3/t6-,7-/m0/s1. The molecule has 8 heavy (non-hydrogen) atoms. The lowest BCUT2D eigenvalue weighted by Gasteiger charge is -2.23. The molecule has 0 aromatic heterocycles. The Morgan fingerprint density at radius 1 is 1.25 bits per heavy atom. The van der Waals surface area contributed by atoms with Crippen molar-refractivity contribution in [3.63, 3.8) is 0 Å². The summed E-state index contributed by atoms with van der Waals surface area (Å²) >= 11 is 2.58. The first-order chi connectivity index (χ1) is 3.80. The SMILES string of the molecule is C[C@H]1CCCC[C@@H]1I. The molecule has 0 aliphatic heterocycles. The molecule has 1 fully saturated rings. The van der Waals surface area contributed by atoms with E-state index in [1.807, 2.05) is 0 Å². The van der Waals surface area contributed by atoms with Crippen molar-refractivity contribution in [1.29, 1.82) is 0 Å². The van der Waals surface area contributed by atoms with Crippen LogP contribution in [0.3, 0.4) is 0 Å². The van der Waals surface area contributed by atoms with Crippen LogP contribution < -0.4 is 0 Å². The fourth-order valence-corrected chi connectivity index (χ4v) is 2.07. The fraction of sp³-hybridized carbons (Fsp3) is 1.00. The highest BCUT2D eigenvalue weighted by atomic mass is 127. The van der Waals surface area contributed by atoms with E-state index in [4.69, 9.17) is 0 Å². The molecule has 1 aliphatic rings. The van der Waals surface area contributed by atoms with Crippen molar-refractivity contribution < 1.29 is 0 Å². The zero-order chi connectivity index (χ0) is 5.98. The molecule has 1 rings (SSSR count). The molecule has 1 aliphatic carbocycles. The highest BCUT2D eigenvalue weighted by Gasteiger charge is 2.17. The molecule has 0 aromatic carbocycles. The Hall–Kier alpha value is 0.730. The van der Waals surface area contributed by atoms with Crippen molar-refractivity contribution in [2.75, 3.05) is 0 Å². The van der Waals surface area contributed by atoms with E-state index in [1.165, 1.54) is 25.7 Å². The molecule has 2 atom stereocenters. The normalized spacial score (nSPS) is 39.8. The summed E-state index contributed by atoms with van der Waals surface area (Å²) in [6.07, 6.45) is 5.87. The van der Waals surface area contributed by atoms with E-state index in [9.17, 15) is 0 Å². The third-order valence-corrected chi connectivity index (χ3v) is 3.86. The molecule has 0 aromatic rings. The van der Waals surface area contributed by atoms with Crippen LogP contribution in [0.15, 0.2) is 0 Å². The highest BCUT2D eigenvalue weighted by Crippen LogP contribution is 2.29. The number of hydrogen-bond donors (Lipinski definition) is 0. The van der Waals surface area contributed by atoms with Crippen LogP contribution >= 0.6 is 22.6 Å². The maximum absolute atomic E-state index is 2.58. The lowest BCUT2D eigenvalue weighted by atomic mass is 9.91. The van der Waals surface area contributed by atoms with Crippen LogP contribution in [0.4, 0.5) is 0 Å². The summed E-state index contributed by atoms with van der Waals surface area (Å²) in [4.78, 5) is 0. The average Bonchev–Trinajstić information content (AvgIpc) is 1.77. The Kier molecular flexibility index (Phi) is 2.60. The third kappa shape index (κ3) is 1.61. The Morgan fingerprint density at radius 2 is 1.88 bits per heavy atom. The molecular formula is C7H13I. The fourth-order valence-electron chi connectivity index (χ4n) is 1.27. The van der Waals surface area contributed by atoms with Gasteiger partial charge in [-0.25, -0.2) is 0 Å². The van der Waals surface area contributed by atoms with Crippen molar-refractivity contribution in [2.45, 2.75) is 36.5 Å². The molecule has 0 N–H and O–H groups in total. The topological polar surface area (TPSA) is 0 Å². The summed E-state index contributed by atoms with van der Waals surface area (Å²) in [5, 5.41) is 0. The van der Waals surface area contributed by atoms with Crippen molar-refractivity contribution in [1.82, 2.24) is 0 Å². The molecule has 0 saturated heterocycles. The van der Waals surface area contributed by atoms with Gasteiger partial charge in [0.05, 0.1) is 0 Å². The largest absolute Gasteiger partial charge is 0.0823 e. The van der Waals surface area contributed by atoms with Gasteiger partial charge in [0.25, 0.3) is 0 Å². The first kappa shape index (κ1) is 6.84. The predicted molar refractivity (Wildman–Crippen MR) is 45.4 cm³/mol. The first-order valence-corrected chi connectivity index (χ1v) is 4.69. The summed E-state index contributed by atoms with van der Waals surface area (Å²) in [7, 11) is 0. The summed E-state index contributed by atoms with van der Waals surface area (Å²) in [5.41, 5.74) is 0. The zero-order valence-electron chi connectivity index (χ0n) is 5.36. The molecule has 0 bridgehead atoms. The second-order valence-corrected chi connectivity index (χ2v) is 4.38. The van der Waals surface area contributed by atoms with E-state index >= 15 is 0 Å². The van der Waals surface area contributed by atoms with Gasteiger partial charge in [-0.15, -0.1) is 0 Å². The monoisotopic (exact) mass is 224 g/mol. The van der Waals surface area contributed by atoms with E-state index in [-0.39, 0.29) is 0 Å². The summed E-state index contributed by atoms with van der Waals surface area (Å²) in [6.45, 7) is 2.37. The maximum atomic E-state index is 2.58. The summed E-state index contributed by atoms with van der Waals surface area (Å²) < 4.78 is 0.973. The second-order valence-electron chi connectivity index (χ2n) is 2.78. The molecule has 0 amide bonds. The smallest absolute Gasteiger partial charge is 0.0135 e. The van der Waals surface area contributed by atoms with Gasteiger partial charge >= 0.3 is 0 Å². The number of hydrogen-bond acceptors (Lipinski definition) is 0. The van der Waals surface area contributed by atoms with Gasteiger partial charge in [0.15, 0.2) is 0 Å². The molecule has 0 spiro atoms. The van der Waals surface area contributed by atoms with Gasteiger partial charge in [-0.1, -0.05) is 42.4 Å². The minimum atomic E-state index is 0.973. The van der Waals surface area contributed by atoms with Gasteiger partial charge in [-0.2, -0.15) is 0 Å². The minimum Gasteiger partial charge on any atom is -0.0823 e. The first-order valence-electron chi connectivity index (χ1n) is 3.45. The molecule has 0 unspecified atom stereocenters. The second kappa shape index (κ2) is 3.04. The van der Waals surface area contributed by atoms with Crippen LogP contribution in [0.25, 0.3) is 0 Å². The Labute approximate surface area is 65.2 Å². The Balaban J connectivity index is 2.28. The van der Waals surface area contributed by atoms with Crippen molar-refractivity contribution >= 4 is 22.6 Å². The predicted octanol–water partition coefficient (Wildman–Crippen LogP) is 3.00. The zero-order valence-corrected chi connectivity index (χ0v) is 7.52. The molecule has 0 heterocycles. The van der Waals surface area contributed by atoms with E-state index in [0.717, 1.165) is 9.84 Å². The van der Waals surface area contributed by atoms with Gasteiger partial charge in [0, 0.05) is 3.92 Å². The molecule has 1 heteroatoms. The van der Waals surface area contributed by atoms with E-state index in [0.29, 0.717) is 0 Å². The van der Waals surface area contributed by atoms with Gasteiger partial charge < -0.3 is 0 Å². The molecule has 0 nitrogen and oxygen atoms in total. The Bertz CT molecular complexity index is 60.8. The number of rotatable bonds is 0. The van der Waals surface area contributed by atoms with Crippen LogP contribution in [0.1, 0.15) is 32.6 Å². The van der Waals surface area contributed by atoms with Crippen LogP contribution in [0.2, 0.25) is 0 Å². The van der Waals surface area contributed by atoms with Crippen LogP contribution in [-0.4, -0.2) is 3.92 Å². The quantitative estimate of drug-likeness (QED) is 0.438. The average molecular weight is 224 g/mol. The summed E-state index contributed by atoms with van der Waals surface area (Å²) in [5.74, 6) is 0.990. The van der Waals surface area contributed by atoms with E-state index < -0.39 is 0 Å². The van der Waals surface area contributed by atoms with Crippen molar-refractivity contribution in [3.05, 3.63) is 0 Å². The van der Waals surface area contributed by atoms with Crippen LogP contribution in [-0.2, 0) is 0 Å². The van der Waals surface area contributed by atoms with Crippen LogP contribution in [0, 0.1) is 5.92 Å². The van der Waals surface area contributed by atoms with Gasteiger partial charge in [0.1, 0.15) is 0 Å². The lowest BCUT2D eigenvalue weighted by molar-refractivity contribution is 0.409. The molecule has 1 saturated carbocycles.